The van der Waals surface area contributed by atoms with Crippen molar-refractivity contribution in [2.24, 2.45) is 0 Å². The maximum absolute atomic E-state index is 12.0. The molecule has 1 N–H and O–H groups in total. The van der Waals surface area contributed by atoms with Gasteiger partial charge in [0.1, 0.15) is 0 Å². The van der Waals surface area contributed by atoms with Gasteiger partial charge in [-0.15, -0.1) is 11.3 Å². The molecule has 7 heteroatoms. The van der Waals surface area contributed by atoms with Gasteiger partial charge in [0.05, 0.1) is 6.42 Å². The quantitative estimate of drug-likeness (QED) is 0.819. The highest BCUT2D eigenvalue weighted by atomic mass is 32.1. The van der Waals surface area contributed by atoms with Crippen LogP contribution in [0.1, 0.15) is 16.9 Å². The van der Waals surface area contributed by atoms with Crippen molar-refractivity contribution in [1.82, 2.24) is 4.90 Å². The average Bonchev–Trinajstić information content (AvgIpc) is 2.70. The van der Waals surface area contributed by atoms with Crippen molar-refractivity contribution in [2.45, 2.75) is 19.1 Å². The number of carboxylic acid groups (broad SMARTS) is 1. The van der Waals surface area contributed by atoms with Crippen molar-refractivity contribution in [3.05, 3.63) is 28.0 Å². The van der Waals surface area contributed by atoms with Crippen LogP contribution in [0, 0.1) is 0 Å². The third kappa shape index (κ3) is 6.97. The highest BCUT2D eigenvalue weighted by molar-refractivity contribution is 7.10. The Balaban J connectivity index is 2.47. The number of hydrogen-bond acceptors (Lipinski definition) is 3. The van der Waals surface area contributed by atoms with Crippen LogP contribution in [0.3, 0.4) is 0 Å². The summed E-state index contributed by atoms with van der Waals surface area (Å²) in [6, 6.07) is 1.77. The Hall–Kier alpha value is -1.34. The van der Waals surface area contributed by atoms with E-state index in [2.05, 4.69) is 0 Å². The fourth-order valence-electron chi connectivity index (χ4n) is 1.40. The first-order valence-corrected chi connectivity index (χ1v) is 6.38. The number of carboxylic acids is 1. The summed E-state index contributed by atoms with van der Waals surface area (Å²) in [5, 5.41) is 10.2. The molecule has 0 aliphatic carbocycles. The molecule has 106 valence electrons. The van der Waals surface area contributed by atoms with Crippen LogP contribution in [0.4, 0.5) is 13.2 Å². The minimum atomic E-state index is -4.14. The zero-order valence-electron chi connectivity index (χ0n) is 10.3. The van der Waals surface area contributed by atoms with Crippen LogP contribution in [0.2, 0.25) is 0 Å². The molecule has 0 saturated heterocycles. The topological polar surface area (TPSA) is 40.5 Å². The average molecular weight is 293 g/mol. The molecule has 1 rings (SSSR count). The van der Waals surface area contributed by atoms with Gasteiger partial charge in [0.15, 0.2) is 0 Å². The molecule has 1 aromatic rings. The van der Waals surface area contributed by atoms with E-state index in [1.54, 1.807) is 23.4 Å². The molecule has 0 unspecified atom stereocenters. The van der Waals surface area contributed by atoms with Crippen molar-refractivity contribution in [1.29, 1.82) is 0 Å². The zero-order chi connectivity index (χ0) is 14.5. The number of halogens is 3. The Morgan fingerprint density at radius 2 is 2.21 bits per heavy atom. The van der Waals surface area contributed by atoms with E-state index in [0.29, 0.717) is 6.54 Å². The molecule has 0 aliphatic heterocycles. The number of alkyl halides is 3. The highest BCUT2D eigenvalue weighted by Gasteiger charge is 2.27. The van der Waals surface area contributed by atoms with Crippen molar-refractivity contribution in [3.8, 4) is 0 Å². The lowest BCUT2D eigenvalue weighted by Crippen LogP contribution is -2.23. The van der Waals surface area contributed by atoms with E-state index >= 15 is 0 Å². The molecule has 19 heavy (non-hydrogen) atoms. The highest BCUT2D eigenvalue weighted by Crippen LogP contribution is 2.21. The second kappa shape index (κ2) is 6.72. The normalized spacial score (nSPS) is 12.5. The second-order valence-electron chi connectivity index (χ2n) is 4.12. The van der Waals surface area contributed by atoms with E-state index in [1.807, 2.05) is 0 Å². The number of thiophene rings is 1. The molecule has 0 spiro atoms. The van der Waals surface area contributed by atoms with Crippen LogP contribution in [-0.2, 0) is 11.3 Å². The van der Waals surface area contributed by atoms with Crippen LogP contribution in [0.25, 0.3) is 6.08 Å². The number of aliphatic carboxylic acids is 1. The fraction of sp³-hybridized carbons (Fsp3) is 0.417. The number of carbonyl (C=O) groups is 1. The monoisotopic (exact) mass is 293 g/mol. The summed E-state index contributed by atoms with van der Waals surface area (Å²) in [6.07, 6.45) is -2.49. The third-order valence-corrected chi connectivity index (χ3v) is 3.23. The van der Waals surface area contributed by atoms with Gasteiger partial charge >= 0.3 is 12.1 Å². The standard InChI is InChI=1S/C12H14F3NO2S/c1-16(5-4-12(13,14)15)7-10-6-9(8-19-10)2-3-11(17)18/h2-3,6,8H,4-5,7H2,1H3,(H,17,18). The first-order valence-electron chi connectivity index (χ1n) is 5.50. The molecular formula is C12H14F3NO2S. The molecule has 0 aliphatic rings. The minimum absolute atomic E-state index is 0.0539. The Kier molecular flexibility index (Phi) is 5.56. The SMILES string of the molecule is CN(CCC(F)(F)F)Cc1cc(C=CC(=O)O)cs1. The first-order chi connectivity index (χ1) is 8.76. The summed E-state index contributed by atoms with van der Waals surface area (Å²) in [4.78, 5) is 12.8. The van der Waals surface area contributed by atoms with Gasteiger partial charge in [0.2, 0.25) is 0 Å². The molecule has 0 aromatic carbocycles. The lowest BCUT2D eigenvalue weighted by Gasteiger charge is -2.16. The molecule has 0 radical (unpaired) electrons. The molecule has 0 amide bonds. The molecule has 3 nitrogen and oxygen atoms in total. The molecule has 0 atom stereocenters. The predicted octanol–water partition coefficient (Wildman–Crippen LogP) is 3.23. The summed E-state index contributed by atoms with van der Waals surface area (Å²) >= 11 is 1.40. The maximum Gasteiger partial charge on any atom is 0.390 e. The van der Waals surface area contributed by atoms with Crippen molar-refractivity contribution < 1.29 is 23.1 Å². The van der Waals surface area contributed by atoms with Crippen LogP contribution < -0.4 is 0 Å². The van der Waals surface area contributed by atoms with Crippen molar-refractivity contribution in [3.63, 3.8) is 0 Å². The molecule has 0 saturated carbocycles. The fourth-order valence-corrected chi connectivity index (χ4v) is 2.33. The molecular weight excluding hydrogens is 279 g/mol. The smallest absolute Gasteiger partial charge is 0.390 e. The van der Waals surface area contributed by atoms with E-state index in [4.69, 9.17) is 5.11 Å². The minimum Gasteiger partial charge on any atom is -0.478 e. The van der Waals surface area contributed by atoms with Crippen LogP contribution in [-0.4, -0.2) is 35.7 Å². The Bertz CT molecular complexity index is 454. The van der Waals surface area contributed by atoms with Gasteiger partial charge in [0, 0.05) is 24.0 Å². The maximum atomic E-state index is 12.0. The lowest BCUT2D eigenvalue weighted by atomic mass is 10.2. The van der Waals surface area contributed by atoms with Gasteiger partial charge in [-0.3, -0.25) is 0 Å². The van der Waals surface area contributed by atoms with Gasteiger partial charge < -0.3 is 10.0 Å². The van der Waals surface area contributed by atoms with Crippen molar-refractivity contribution >= 4 is 23.4 Å². The number of rotatable bonds is 6. The summed E-state index contributed by atoms with van der Waals surface area (Å²) in [5.41, 5.74) is 0.742. The van der Waals surface area contributed by atoms with E-state index in [-0.39, 0.29) is 6.54 Å². The van der Waals surface area contributed by atoms with E-state index in [0.717, 1.165) is 16.5 Å². The number of hydrogen-bond donors (Lipinski definition) is 1. The van der Waals surface area contributed by atoms with Crippen molar-refractivity contribution in [2.75, 3.05) is 13.6 Å². The zero-order valence-corrected chi connectivity index (χ0v) is 11.1. The molecule has 1 aromatic heterocycles. The van der Waals surface area contributed by atoms with Crippen LogP contribution in [0.5, 0.6) is 0 Å². The Morgan fingerprint density at radius 3 is 2.79 bits per heavy atom. The summed E-state index contributed by atoms with van der Waals surface area (Å²) in [7, 11) is 1.62. The first kappa shape index (κ1) is 15.7. The Morgan fingerprint density at radius 1 is 1.53 bits per heavy atom. The predicted molar refractivity (Wildman–Crippen MR) is 68.0 cm³/mol. The van der Waals surface area contributed by atoms with Crippen LogP contribution in [0.15, 0.2) is 17.5 Å². The van der Waals surface area contributed by atoms with Gasteiger partial charge in [0.25, 0.3) is 0 Å². The van der Waals surface area contributed by atoms with E-state index in [9.17, 15) is 18.0 Å². The molecule has 0 bridgehead atoms. The summed E-state index contributed by atoms with van der Waals surface area (Å²) in [6.45, 7) is 0.364. The summed E-state index contributed by atoms with van der Waals surface area (Å²) < 4.78 is 36.1. The second-order valence-corrected chi connectivity index (χ2v) is 5.12. The summed E-state index contributed by atoms with van der Waals surface area (Å²) in [5.74, 6) is -1.03. The van der Waals surface area contributed by atoms with Crippen LogP contribution >= 0.6 is 11.3 Å². The van der Waals surface area contributed by atoms with E-state index < -0.39 is 18.6 Å². The largest absolute Gasteiger partial charge is 0.478 e. The van der Waals surface area contributed by atoms with E-state index in [1.165, 1.54) is 17.4 Å². The van der Waals surface area contributed by atoms with Gasteiger partial charge in [-0.25, -0.2) is 4.79 Å². The van der Waals surface area contributed by atoms with Gasteiger partial charge in [-0.2, -0.15) is 13.2 Å². The Labute approximate surface area is 113 Å². The molecule has 0 fully saturated rings. The third-order valence-electron chi connectivity index (χ3n) is 2.30. The molecule has 1 heterocycles. The lowest BCUT2D eigenvalue weighted by molar-refractivity contribution is -0.137. The van der Waals surface area contributed by atoms with Gasteiger partial charge in [-0.05, 0) is 30.1 Å². The van der Waals surface area contributed by atoms with Gasteiger partial charge in [-0.1, -0.05) is 0 Å². The number of nitrogens with zero attached hydrogens (tertiary/aromatic N) is 1.